The van der Waals surface area contributed by atoms with Crippen molar-refractivity contribution >= 4 is 54.0 Å². The summed E-state index contributed by atoms with van der Waals surface area (Å²) in [7, 11) is 0. The van der Waals surface area contributed by atoms with E-state index in [2.05, 4.69) is 0 Å². The fraction of sp³-hybridized carbons (Fsp3) is 0. The Balaban J connectivity index is 0. The van der Waals surface area contributed by atoms with Gasteiger partial charge in [0.2, 0.25) is 0 Å². The van der Waals surface area contributed by atoms with E-state index in [0.717, 1.165) is 0 Å². The molecule has 0 saturated carbocycles. The van der Waals surface area contributed by atoms with Crippen molar-refractivity contribution in [1.82, 2.24) is 0 Å². The second-order valence-electron chi connectivity index (χ2n) is 0. The van der Waals surface area contributed by atoms with Crippen LogP contribution in [-0.2, 0) is 105 Å². The molecule has 0 bridgehead atoms. The van der Waals surface area contributed by atoms with E-state index in [9.17, 15) is 0 Å². The van der Waals surface area contributed by atoms with E-state index in [0.29, 0.717) is 0 Å². The van der Waals surface area contributed by atoms with Crippen molar-refractivity contribution < 1.29 is 51.2 Å². The molecule has 0 unspecified atom stereocenters. The van der Waals surface area contributed by atoms with Crippen LogP contribution in [-0.4, -0.2) is 0 Å². The first-order valence-electron chi connectivity index (χ1n) is 0. The molecule has 0 aromatic rings. The molecule has 0 nitrogen and oxygen atoms in total. The molecule has 2 radical (unpaired) electrons. The van der Waals surface area contributed by atoms with Crippen LogP contribution in [0.25, 0.3) is 0 Å². The van der Waals surface area contributed by atoms with Crippen LogP contribution in [0.15, 0.2) is 0 Å². The van der Waals surface area contributed by atoms with Crippen molar-refractivity contribution in [3.63, 3.8) is 0 Å². The van der Waals surface area contributed by atoms with Gasteiger partial charge in [-0.25, -0.2) is 0 Å². The third kappa shape index (κ3) is 49.6. The standard InChI is InChI=1S/3Fe.3H2S.S/h;;;3*1H2;/q;;+3;;;;-1/p-3. The third-order valence-electron chi connectivity index (χ3n) is 0. The van der Waals surface area contributed by atoms with Gasteiger partial charge in [-0.15, -0.1) is 0 Å². The SMILES string of the molecule is [Fe+3].[Fe].[Fe].[S-].[SH-].[SH-].[SH-]. The van der Waals surface area contributed by atoms with E-state index in [1.54, 1.807) is 0 Å². The van der Waals surface area contributed by atoms with Crippen molar-refractivity contribution in [3.05, 3.63) is 0 Å². The van der Waals surface area contributed by atoms with E-state index in [1.165, 1.54) is 0 Å². The average molecular weight is 299 g/mol. The quantitative estimate of drug-likeness (QED) is 0.326. The van der Waals surface area contributed by atoms with Crippen LogP contribution in [0.5, 0.6) is 0 Å². The van der Waals surface area contributed by atoms with Gasteiger partial charge in [-0.05, 0) is 0 Å². The summed E-state index contributed by atoms with van der Waals surface area (Å²) in [6.45, 7) is 0. The van der Waals surface area contributed by atoms with Gasteiger partial charge in [0.05, 0.1) is 0 Å². The molecule has 0 rings (SSSR count). The molecule has 7 heavy (non-hydrogen) atoms. The van der Waals surface area contributed by atoms with Crippen LogP contribution in [0.2, 0.25) is 0 Å². The van der Waals surface area contributed by atoms with Crippen molar-refractivity contribution in [2.45, 2.75) is 0 Å². The Kier molecular flexibility index (Phi) is 846. The Labute approximate surface area is 104 Å². The summed E-state index contributed by atoms with van der Waals surface area (Å²) in [4.78, 5) is 0. The number of hydrogen-bond acceptors (Lipinski definition) is 4. The first-order chi connectivity index (χ1) is 0. The zero-order valence-corrected chi connectivity index (χ0v) is 9.62. The van der Waals surface area contributed by atoms with Gasteiger partial charge in [-0.2, -0.15) is 0 Å². The molecule has 0 aromatic heterocycles. The minimum atomic E-state index is 0. The predicted molar refractivity (Wildman–Crippen MR) is 33.6 cm³/mol. The molecule has 0 atom stereocenters. The number of thiol groups is 3. The monoisotopic (exact) mass is 299 g/mol. The fourth-order valence-electron chi connectivity index (χ4n) is 0. The molecule has 0 aromatic carbocycles. The average Bonchev–Trinajstić information content (AvgIpc) is 0. The van der Waals surface area contributed by atoms with Crippen LogP contribution >= 0.6 is 0 Å². The van der Waals surface area contributed by atoms with Crippen molar-refractivity contribution in [2.75, 3.05) is 0 Å². The summed E-state index contributed by atoms with van der Waals surface area (Å²) in [5.41, 5.74) is 0. The minimum absolute atomic E-state index is 0. The second kappa shape index (κ2) is 64.8. The summed E-state index contributed by atoms with van der Waals surface area (Å²) < 4.78 is 0. The van der Waals surface area contributed by atoms with Crippen molar-refractivity contribution in [1.29, 1.82) is 0 Å². The molecular formula is H3Fe3S4-. The van der Waals surface area contributed by atoms with Gasteiger partial charge in [-0.1, -0.05) is 0 Å². The first-order valence-corrected chi connectivity index (χ1v) is 0. The largest absolute Gasteiger partial charge is 3.00 e. The summed E-state index contributed by atoms with van der Waals surface area (Å²) in [5.74, 6) is 0. The summed E-state index contributed by atoms with van der Waals surface area (Å²) >= 11 is 0. The second-order valence-corrected chi connectivity index (χ2v) is 0. The Hall–Kier alpha value is 2.96. The van der Waals surface area contributed by atoms with E-state index in [4.69, 9.17) is 0 Å². The van der Waals surface area contributed by atoms with Crippen molar-refractivity contribution in [3.8, 4) is 0 Å². The van der Waals surface area contributed by atoms with E-state index >= 15 is 0 Å². The van der Waals surface area contributed by atoms with Crippen LogP contribution in [0.4, 0.5) is 0 Å². The van der Waals surface area contributed by atoms with Crippen LogP contribution in [0.3, 0.4) is 0 Å². The zero-order chi connectivity index (χ0) is 0. The maximum Gasteiger partial charge on any atom is 3.00 e. The van der Waals surface area contributed by atoms with Gasteiger partial charge in [0, 0.05) is 34.1 Å². The summed E-state index contributed by atoms with van der Waals surface area (Å²) in [6.07, 6.45) is 0. The Bertz CT molecular complexity index is 6.90. The van der Waals surface area contributed by atoms with Crippen LogP contribution in [0.1, 0.15) is 0 Å². The number of rotatable bonds is 0. The molecule has 52 valence electrons. The van der Waals surface area contributed by atoms with Gasteiger partial charge in [0.1, 0.15) is 0 Å². The predicted octanol–water partition coefficient (Wildman–Crippen LogP) is -0.820. The molecule has 0 N–H and O–H groups in total. The van der Waals surface area contributed by atoms with Gasteiger partial charge >= 0.3 is 17.1 Å². The Morgan fingerprint density at radius 2 is 0.571 bits per heavy atom. The Morgan fingerprint density at radius 3 is 0.571 bits per heavy atom. The van der Waals surface area contributed by atoms with Crippen LogP contribution in [0, 0.1) is 0 Å². The van der Waals surface area contributed by atoms with E-state index < -0.39 is 0 Å². The molecule has 0 heterocycles. The molecule has 7 heteroatoms. The molecular weight excluding hydrogens is 296 g/mol. The zero-order valence-electron chi connectivity index (χ0n) is 2.81. The molecule has 0 aliphatic carbocycles. The molecule has 0 fully saturated rings. The normalized spacial score (nSPS) is 0. The minimum Gasteiger partial charge on any atom is -1.00 e. The fourth-order valence-corrected chi connectivity index (χ4v) is 0. The third-order valence-corrected chi connectivity index (χ3v) is 0. The topological polar surface area (TPSA) is 0 Å². The van der Waals surface area contributed by atoms with Gasteiger partial charge in [0.25, 0.3) is 0 Å². The van der Waals surface area contributed by atoms with E-state index in [-0.39, 0.29) is 105 Å². The summed E-state index contributed by atoms with van der Waals surface area (Å²) in [6, 6.07) is 0. The van der Waals surface area contributed by atoms with Gasteiger partial charge in [0.15, 0.2) is 0 Å². The number of hydrogen-bond donors (Lipinski definition) is 0. The maximum atomic E-state index is 0. The Morgan fingerprint density at radius 1 is 0.571 bits per heavy atom. The first kappa shape index (κ1) is 91.3. The summed E-state index contributed by atoms with van der Waals surface area (Å²) in [5, 5.41) is 0. The smallest absolute Gasteiger partial charge is 1.00 e. The van der Waals surface area contributed by atoms with Crippen molar-refractivity contribution in [2.24, 2.45) is 0 Å². The molecule has 0 saturated heterocycles. The molecule has 0 aliphatic heterocycles. The molecule has 0 amide bonds. The molecule has 0 aliphatic rings. The molecule has 0 spiro atoms. The van der Waals surface area contributed by atoms with Gasteiger partial charge < -0.3 is 54.0 Å². The van der Waals surface area contributed by atoms with Crippen LogP contribution < -0.4 is 0 Å². The maximum absolute atomic E-state index is 0. The van der Waals surface area contributed by atoms with E-state index in [1.807, 2.05) is 0 Å². The van der Waals surface area contributed by atoms with Gasteiger partial charge in [-0.3, -0.25) is 0 Å².